The third-order valence-electron chi connectivity index (χ3n) is 22.7. The quantitative estimate of drug-likeness (QED) is 0.0251. The number of unbranched alkanes of at least 4 members (excludes halogenated alkanes) is 2. The summed E-state index contributed by atoms with van der Waals surface area (Å²) in [5.74, 6) is -25.1. The van der Waals surface area contributed by atoms with Gasteiger partial charge in [0.2, 0.25) is 130 Å². The first-order valence-corrected chi connectivity index (χ1v) is 46.9. The third kappa shape index (κ3) is 46.3. The summed E-state index contributed by atoms with van der Waals surface area (Å²) in [6.45, 7) is 17.3. The minimum atomic E-state index is -1.88. The topological polar surface area (TPSA) is 849 Å². The van der Waals surface area contributed by atoms with Crippen LogP contribution in [0.3, 0.4) is 0 Å². The maximum absolute atomic E-state index is 14.6. The lowest BCUT2D eigenvalue weighted by atomic mass is 9.96. The molecule has 139 heavy (non-hydrogen) atoms. The van der Waals surface area contributed by atoms with E-state index in [1.807, 2.05) is 0 Å². The van der Waals surface area contributed by atoms with Crippen LogP contribution in [0.25, 0.3) is 0 Å². The van der Waals surface area contributed by atoms with Crippen molar-refractivity contribution in [1.82, 2.24) is 101 Å². The van der Waals surface area contributed by atoms with E-state index in [0.29, 0.717) is 44.9 Å². The number of amides is 22. The summed E-state index contributed by atoms with van der Waals surface area (Å²) in [5.41, 5.74) is 33.7. The Balaban J connectivity index is 3.19. The van der Waals surface area contributed by atoms with Gasteiger partial charge in [0.25, 0.3) is 0 Å². The molecule has 34 N–H and O–H groups in total. The summed E-state index contributed by atoms with van der Waals surface area (Å²) in [6, 6.07) is -24.8. The van der Waals surface area contributed by atoms with Crippen molar-refractivity contribution in [1.29, 1.82) is 0 Å². The SMILES string of the molecule is CC[C@H](C)[C@H](N)C(=O)N[C@@H](CCC(N)=O)C(=O)N[C@@H](CC(C)C)C(=O)N[C@@H](CCC(N)=O)C(=O)N[C@@H](CCC(N)=O)C(=O)N[C@@H](CO)C(=O)NCC(=O)N[C@@H](C)C(=O)NCC(=O)N[C@@H](CC(C)C)C(=O)N[C@H](C(=O)N[C@@H](CCCCN)C(=O)N1CCC[C@H]1C(=O)NCC(=O)N[C@@H](C)C(=O)N[C@@H](CO)C(=O)N[C@H](C(=O)N[C@@H](CCCCN)C(=O)N[C@H](C(=O)N[C@@H](CO)C(=O)O)[C@@H](C)CC)C(C)C)C(C)C. The van der Waals surface area contributed by atoms with Crippen LogP contribution in [-0.4, -0.2) is 323 Å². The minimum Gasteiger partial charge on any atom is -0.480 e. The van der Waals surface area contributed by atoms with Crippen molar-refractivity contribution in [2.45, 2.75) is 315 Å². The molecule has 22 amide bonds. The predicted octanol–water partition coefficient (Wildman–Crippen LogP) is -10.4. The molecule has 0 aromatic rings. The Morgan fingerprint density at radius 2 is 0.662 bits per heavy atom. The third-order valence-corrected chi connectivity index (χ3v) is 22.7. The Morgan fingerprint density at radius 1 is 0.338 bits per heavy atom. The van der Waals surface area contributed by atoms with Crippen molar-refractivity contribution in [3.8, 4) is 0 Å². The molecule has 0 saturated carbocycles. The van der Waals surface area contributed by atoms with Crippen LogP contribution < -0.4 is 130 Å². The maximum Gasteiger partial charge on any atom is 0.328 e. The number of carboxylic acid groups (broad SMARTS) is 1. The van der Waals surface area contributed by atoms with Gasteiger partial charge in [-0.2, -0.15) is 0 Å². The Kier molecular flexibility index (Phi) is 58.0. The van der Waals surface area contributed by atoms with E-state index in [1.54, 1.807) is 83.1 Å². The largest absolute Gasteiger partial charge is 0.480 e. The molecule has 1 aliphatic rings. The monoisotopic (exact) mass is 1980 g/mol. The Hall–Kier alpha value is -12.4. The van der Waals surface area contributed by atoms with E-state index in [-0.39, 0.29) is 82.3 Å². The van der Waals surface area contributed by atoms with Crippen LogP contribution in [0.15, 0.2) is 0 Å². The van der Waals surface area contributed by atoms with Crippen LogP contribution in [0.1, 0.15) is 213 Å². The number of hydrogen-bond acceptors (Lipinski definition) is 29. The number of aliphatic carboxylic acids is 1. The number of nitrogens with two attached hydrogens (primary N) is 6. The molecule has 1 aliphatic heterocycles. The summed E-state index contributed by atoms with van der Waals surface area (Å²) in [5, 5.41) is 83.0. The summed E-state index contributed by atoms with van der Waals surface area (Å²) >= 11 is 0. The molecular formula is C87H153N25O27. The lowest BCUT2D eigenvalue weighted by Gasteiger charge is -2.31. The molecule has 0 aromatic carbocycles. The van der Waals surface area contributed by atoms with E-state index in [2.05, 4.69) is 95.7 Å². The van der Waals surface area contributed by atoms with Crippen molar-refractivity contribution < 1.29 is 131 Å². The molecule has 0 unspecified atom stereocenters. The first kappa shape index (κ1) is 125. The van der Waals surface area contributed by atoms with Gasteiger partial charge in [-0.1, -0.05) is 95.9 Å². The maximum atomic E-state index is 14.6. The second kappa shape index (κ2) is 64.7. The zero-order chi connectivity index (χ0) is 106. The smallest absolute Gasteiger partial charge is 0.328 e. The number of carbonyl (C=O) groups is 23. The molecule has 52 heteroatoms. The predicted molar refractivity (Wildman–Crippen MR) is 500 cm³/mol. The van der Waals surface area contributed by atoms with Gasteiger partial charge in [0.05, 0.1) is 45.5 Å². The Bertz CT molecular complexity index is 4160. The molecule has 0 spiro atoms. The summed E-state index contributed by atoms with van der Waals surface area (Å²) < 4.78 is 0. The van der Waals surface area contributed by atoms with Gasteiger partial charge in [-0.3, -0.25) is 105 Å². The normalized spacial score (nSPS) is 16.2. The number of likely N-dealkylation sites (tertiary alicyclic amines) is 1. The van der Waals surface area contributed by atoms with Gasteiger partial charge in [-0.15, -0.1) is 0 Å². The molecule has 0 aliphatic carbocycles. The average Bonchev–Trinajstić information content (AvgIpc) is 1.73. The van der Waals surface area contributed by atoms with Crippen LogP contribution in [0, 0.1) is 35.5 Å². The highest BCUT2D eigenvalue weighted by Gasteiger charge is 2.43. The van der Waals surface area contributed by atoms with Crippen LogP contribution in [0.5, 0.6) is 0 Å². The molecular weight excluding hydrogens is 1830 g/mol. The highest BCUT2D eigenvalue weighted by molar-refractivity contribution is 6.02. The molecule has 788 valence electrons. The van der Waals surface area contributed by atoms with E-state index < -0.39 is 322 Å². The first-order valence-electron chi connectivity index (χ1n) is 46.9. The highest BCUT2D eigenvalue weighted by atomic mass is 16.4. The average molecular weight is 1980 g/mol. The standard InChI is InChI=1S/C87H153N25O27/c1-15-46(11)67(93)82(133)102-53(27-30-63(92)118)75(126)105-56(35-43(5)6)78(129)101-51(25-28-61(90)116)74(125)100-52(26-29-62(91)117)76(127)107-57(39-113)73(124)95-36-64(119)97-48(13)71(122)94-38-66(121)99-55(34-42(3)4)79(130)109-69(45(9)10)84(135)104-54(23-18-20-32-89)86(137)112-33-21-24-60(112)81(132)96-37-65(120)98-49(14)72(123)106-58(40-114)80(131)110-68(44(7)8)83(134)103-50(22-17-19-31-88)77(128)111-70(47(12)16-2)85(136)108-59(41-115)87(138)139/h42-60,67-70,113-115H,15-41,88-89,93H2,1-14H3,(H2,90,116)(H2,91,117)(H2,92,118)(H,94,122)(H,95,124)(H,96,132)(H,97,119)(H,98,120)(H,99,121)(H,100,125)(H,101,129)(H,102,133)(H,103,134)(H,104,135)(H,105,126)(H,106,123)(H,107,127)(H,108,136)(H,109,130)(H,110,131)(H,111,128)(H,138,139)/t46-,47-,48-,49-,50-,51-,52-,53-,54-,55-,56-,57-,58-,59-,60-,67-,68-,69-,70-/m0/s1. The number of primary amides is 3. The van der Waals surface area contributed by atoms with Gasteiger partial charge in [-0.05, 0) is 146 Å². The zero-order valence-corrected chi connectivity index (χ0v) is 82.0. The number of carboxylic acids is 1. The number of nitrogens with zero attached hydrogens (tertiary/aromatic N) is 1. The van der Waals surface area contributed by atoms with E-state index >= 15 is 0 Å². The van der Waals surface area contributed by atoms with Crippen LogP contribution in [0.4, 0.5) is 0 Å². The molecule has 52 nitrogen and oxygen atoms in total. The summed E-state index contributed by atoms with van der Waals surface area (Å²) in [6.07, 6.45) is -0.267. The van der Waals surface area contributed by atoms with Gasteiger partial charge in [0.15, 0.2) is 0 Å². The van der Waals surface area contributed by atoms with Crippen LogP contribution in [0.2, 0.25) is 0 Å². The summed E-state index contributed by atoms with van der Waals surface area (Å²) in [7, 11) is 0. The molecule has 1 heterocycles. The fraction of sp³-hybridized carbons (Fsp3) is 0.736. The van der Waals surface area contributed by atoms with E-state index in [0.717, 1.165) is 0 Å². The molecule has 1 fully saturated rings. The minimum absolute atomic E-state index is 0.00221. The highest BCUT2D eigenvalue weighted by Crippen LogP contribution is 2.22. The van der Waals surface area contributed by atoms with Crippen LogP contribution in [-0.2, 0) is 110 Å². The number of aliphatic hydroxyl groups excluding tert-OH is 3. The lowest BCUT2D eigenvalue weighted by molar-refractivity contribution is -0.144. The van der Waals surface area contributed by atoms with Crippen molar-refractivity contribution in [3.63, 3.8) is 0 Å². The van der Waals surface area contributed by atoms with E-state index in [1.165, 1.54) is 18.7 Å². The fourth-order valence-electron chi connectivity index (χ4n) is 14.0. The van der Waals surface area contributed by atoms with Gasteiger partial charge < -0.3 is 155 Å². The number of rotatable bonds is 68. The van der Waals surface area contributed by atoms with E-state index in [9.17, 15) is 131 Å². The molecule has 0 radical (unpaired) electrons. The molecule has 1 saturated heterocycles. The zero-order valence-electron chi connectivity index (χ0n) is 82.0. The fourth-order valence-corrected chi connectivity index (χ4v) is 14.0. The first-order chi connectivity index (χ1) is 65.2. The number of aliphatic hydroxyl groups is 3. The van der Waals surface area contributed by atoms with Crippen molar-refractivity contribution in [2.75, 3.05) is 59.1 Å². The number of nitrogens with one attached hydrogen (secondary N) is 18. The van der Waals surface area contributed by atoms with Crippen LogP contribution >= 0.6 is 0 Å². The van der Waals surface area contributed by atoms with Gasteiger partial charge >= 0.3 is 5.97 Å². The number of carbonyl (C=O) groups excluding carboxylic acids is 22. The van der Waals surface area contributed by atoms with Gasteiger partial charge in [-0.25, -0.2) is 4.79 Å². The van der Waals surface area contributed by atoms with E-state index in [4.69, 9.17) is 34.4 Å². The Labute approximate surface area is 808 Å². The molecule has 0 aromatic heterocycles. The number of hydrogen-bond donors (Lipinski definition) is 28. The van der Waals surface area contributed by atoms with Gasteiger partial charge in [0, 0.05) is 25.8 Å². The second-order valence-corrected chi connectivity index (χ2v) is 36.1. The summed E-state index contributed by atoms with van der Waals surface area (Å²) in [4.78, 5) is 310. The lowest BCUT2D eigenvalue weighted by Crippen LogP contribution is -2.61. The van der Waals surface area contributed by atoms with Crippen molar-refractivity contribution >= 4 is 136 Å². The Morgan fingerprint density at radius 3 is 1.09 bits per heavy atom. The molecule has 0 bridgehead atoms. The second-order valence-electron chi connectivity index (χ2n) is 36.1. The van der Waals surface area contributed by atoms with Gasteiger partial charge in [0.1, 0.15) is 96.7 Å². The molecule has 19 atom stereocenters. The molecule has 1 rings (SSSR count). The van der Waals surface area contributed by atoms with Crippen molar-refractivity contribution in [3.05, 3.63) is 0 Å². The van der Waals surface area contributed by atoms with Crippen molar-refractivity contribution in [2.24, 2.45) is 69.9 Å².